The Hall–Kier alpha value is -3.13. The molecule has 2 aromatic rings. The van der Waals surface area contributed by atoms with Crippen molar-refractivity contribution in [3.05, 3.63) is 59.7 Å². The van der Waals surface area contributed by atoms with Crippen molar-refractivity contribution in [2.24, 2.45) is 0 Å². The summed E-state index contributed by atoms with van der Waals surface area (Å²) in [7, 11) is 0. The minimum Gasteiger partial charge on any atom is -0.494 e. The van der Waals surface area contributed by atoms with Crippen molar-refractivity contribution in [2.75, 3.05) is 13.2 Å². The highest BCUT2D eigenvalue weighted by Gasteiger charge is 2.10. The van der Waals surface area contributed by atoms with Gasteiger partial charge in [-0.2, -0.15) is 0 Å². The molecular weight excluding hydrogens is 462 g/mol. The van der Waals surface area contributed by atoms with Crippen LogP contribution < -0.4 is 25.6 Å². The smallest absolute Gasteiger partial charge is 0.269 e. The molecule has 0 radical (unpaired) electrons. The Morgan fingerprint density at radius 1 is 0.657 bits per heavy atom. The Bertz CT molecular complexity index is 917. The van der Waals surface area contributed by atoms with E-state index in [1.807, 2.05) is 0 Å². The molecule has 0 aliphatic rings. The highest BCUT2D eigenvalue weighted by Crippen LogP contribution is 2.14. The molecule has 0 aliphatic heterocycles. The van der Waals surface area contributed by atoms with Crippen molar-refractivity contribution in [3.8, 4) is 11.5 Å². The molecule has 190 valence electrons. The first-order valence-corrected chi connectivity index (χ1v) is 12.8. The van der Waals surface area contributed by atoms with E-state index in [0.717, 1.165) is 37.2 Å². The van der Waals surface area contributed by atoms with Crippen LogP contribution in [-0.2, 0) is 0 Å². The number of nitrogens with one attached hydrogen (secondary N) is 3. The van der Waals surface area contributed by atoms with Gasteiger partial charge in [-0.15, -0.1) is 0 Å². The summed E-state index contributed by atoms with van der Waals surface area (Å²) >= 11 is 5.11. The van der Waals surface area contributed by atoms with E-state index in [1.54, 1.807) is 48.5 Å². The van der Waals surface area contributed by atoms with Gasteiger partial charge in [0.15, 0.2) is 5.11 Å². The van der Waals surface area contributed by atoms with Crippen LogP contribution in [0.15, 0.2) is 48.5 Å². The van der Waals surface area contributed by atoms with Gasteiger partial charge in [0.25, 0.3) is 11.8 Å². The van der Waals surface area contributed by atoms with Gasteiger partial charge in [0, 0.05) is 11.1 Å². The lowest BCUT2D eigenvalue weighted by molar-refractivity contribution is 0.0934. The molecule has 3 N–H and O–H groups in total. The third-order valence-corrected chi connectivity index (χ3v) is 5.49. The Balaban J connectivity index is 1.70. The van der Waals surface area contributed by atoms with Crippen LogP contribution in [0.3, 0.4) is 0 Å². The molecular formula is C27H37N3O4S. The molecule has 0 heterocycles. The summed E-state index contributed by atoms with van der Waals surface area (Å²) in [6.07, 6.45) is 9.11. The van der Waals surface area contributed by atoms with E-state index in [9.17, 15) is 9.59 Å². The summed E-state index contributed by atoms with van der Waals surface area (Å²) < 4.78 is 11.4. The monoisotopic (exact) mass is 499 g/mol. The first kappa shape index (κ1) is 28.1. The Morgan fingerprint density at radius 2 is 1.11 bits per heavy atom. The third-order valence-electron chi connectivity index (χ3n) is 5.28. The van der Waals surface area contributed by atoms with Crippen LogP contribution >= 0.6 is 12.2 Å². The average Bonchev–Trinajstić information content (AvgIpc) is 2.87. The zero-order chi connectivity index (χ0) is 25.3. The number of thiocarbonyl (C=S) groups is 1. The maximum absolute atomic E-state index is 12.4. The molecule has 0 aromatic heterocycles. The second kappa shape index (κ2) is 16.5. The van der Waals surface area contributed by atoms with Crippen LogP contribution in [0, 0.1) is 0 Å². The summed E-state index contributed by atoms with van der Waals surface area (Å²) in [4.78, 5) is 24.7. The van der Waals surface area contributed by atoms with Crippen LogP contribution in [0.5, 0.6) is 11.5 Å². The number of hydrazine groups is 1. The standard InChI is InChI=1S/C27H37N3O4S/c1-3-5-7-9-19-33-23-15-11-21(12-16-23)25(31)28-27(35)30-29-26(32)22-13-17-24(18-14-22)34-20-10-8-6-4-2/h11-18H,3-10,19-20H2,1-2H3,(H,29,32)(H2,28,30,31,35). The summed E-state index contributed by atoms with van der Waals surface area (Å²) in [6, 6.07) is 13.7. The molecule has 0 unspecified atom stereocenters. The van der Waals surface area contributed by atoms with Crippen molar-refractivity contribution in [3.63, 3.8) is 0 Å². The summed E-state index contributed by atoms with van der Waals surface area (Å²) in [5.41, 5.74) is 5.91. The lowest BCUT2D eigenvalue weighted by Crippen LogP contribution is -2.48. The van der Waals surface area contributed by atoms with Gasteiger partial charge in [-0.3, -0.25) is 25.8 Å². The third kappa shape index (κ3) is 11.2. The summed E-state index contributed by atoms with van der Waals surface area (Å²) in [6.45, 7) is 5.67. The van der Waals surface area contributed by atoms with E-state index >= 15 is 0 Å². The zero-order valence-corrected chi connectivity index (χ0v) is 21.5. The van der Waals surface area contributed by atoms with Crippen molar-refractivity contribution in [2.45, 2.75) is 65.2 Å². The maximum atomic E-state index is 12.4. The number of hydrogen-bond acceptors (Lipinski definition) is 5. The van der Waals surface area contributed by atoms with E-state index in [-0.39, 0.29) is 16.9 Å². The Kier molecular flexibility index (Phi) is 13.2. The fourth-order valence-corrected chi connectivity index (χ4v) is 3.38. The molecule has 7 nitrogen and oxygen atoms in total. The minimum atomic E-state index is -0.383. The van der Waals surface area contributed by atoms with Crippen molar-refractivity contribution < 1.29 is 19.1 Å². The molecule has 0 fully saturated rings. The molecule has 0 spiro atoms. The number of ether oxygens (including phenoxy) is 2. The largest absolute Gasteiger partial charge is 0.494 e. The first-order chi connectivity index (χ1) is 17.0. The number of amides is 2. The van der Waals surface area contributed by atoms with Crippen molar-refractivity contribution in [1.82, 2.24) is 16.2 Å². The minimum absolute atomic E-state index is 0.00775. The number of benzene rings is 2. The van der Waals surface area contributed by atoms with Crippen LogP contribution in [-0.4, -0.2) is 30.1 Å². The van der Waals surface area contributed by atoms with Gasteiger partial charge in [-0.1, -0.05) is 52.4 Å². The van der Waals surface area contributed by atoms with Crippen molar-refractivity contribution >= 4 is 29.1 Å². The second-order valence-corrected chi connectivity index (χ2v) is 8.64. The van der Waals surface area contributed by atoms with Crippen LogP contribution in [0.1, 0.15) is 85.9 Å². The second-order valence-electron chi connectivity index (χ2n) is 8.23. The highest BCUT2D eigenvalue weighted by atomic mass is 32.1. The van der Waals surface area contributed by atoms with Gasteiger partial charge in [0.1, 0.15) is 11.5 Å². The van der Waals surface area contributed by atoms with E-state index in [0.29, 0.717) is 24.3 Å². The molecule has 0 atom stereocenters. The summed E-state index contributed by atoms with van der Waals surface area (Å²) in [5.74, 6) is 0.684. The predicted molar refractivity (Wildman–Crippen MR) is 143 cm³/mol. The number of rotatable bonds is 14. The topological polar surface area (TPSA) is 88.7 Å². The van der Waals surface area contributed by atoms with E-state index in [4.69, 9.17) is 21.7 Å². The van der Waals surface area contributed by atoms with Crippen LogP contribution in [0.2, 0.25) is 0 Å². The van der Waals surface area contributed by atoms with E-state index in [2.05, 4.69) is 30.0 Å². The fraction of sp³-hybridized carbons (Fsp3) is 0.444. The first-order valence-electron chi connectivity index (χ1n) is 12.4. The summed E-state index contributed by atoms with van der Waals surface area (Å²) in [5, 5.41) is 2.53. The van der Waals surface area contributed by atoms with Gasteiger partial charge in [0.05, 0.1) is 13.2 Å². The van der Waals surface area contributed by atoms with Crippen LogP contribution in [0.4, 0.5) is 0 Å². The molecule has 0 bridgehead atoms. The van der Waals surface area contributed by atoms with E-state index < -0.39 is 0 Å². The zero-order valence-electron chi connectivity index (χ0n) is 20.7. The molecule has 35 heavy (non-hydrogen) atoms. The van der Waals surface area contributed by atoms with Gasteiger partial charge in [0.2, 0.25) is 0 Å². The Labute approximate surface area is 213 Å². The maximum Gasteiger partial charge on any atom is 0.269 e. The molecule has 2 rings (SSSR count). The molecule has 2 aromatic carbocycles. The Morgan fingerprint density at radius 3 is 1.57 bits per heavy atom. The number of carbonyl (C=O) groups is 2. The van der Waals surface area contributed by atoms with E-state index in [1.165, 1.54) is 25.7 Å². The molecule has 0 aliphatic carbocycles. The number of hydrogen-bond donors (Lipinski definition) is 3. The van der Waals surface area contributed by atoms with Gasteiger partial charge in [-0.25, -0.2) is 0 Å². The normalized spacial score (nSPS) is 10.3. The highest BCUT2D eigenvalue weighted by molar-refractivity contribution is 7.80. The lowest BCUT2D eigenvalue weighted by atomic mass is 10.2. The predicted octanol–water partition coefficient (Wildman–Crippen LogP) is 5.55. The van der Waals surface area contributed by atoms with Gasteiger partial charge < -0.3 is 9.47 Å². The molecule has 0 saturated heterocycles. The van der Waals surface area contributed by atoms with Gasteiger partial charge in [-0.05, 0) is 73.6 Å². The lowest BCUT2D eigenvalue weighted by Gasteiger charge is -2.12. The SMILES string of the molecule is CCCCCCOc1ccc(C(=O)NNC(=S)NC(=O)c2ccc(OCCCCCC)cc2)cc1. The molecule has 0 saturated carbocycles. The molecule has 8 heteroatoms. The number of unbranched alkanes of at least 4 members (excludes halogenated alkanes) is 6. The van der Waals surface area contributed by atoms with Gasteiger partial charge >= 0.3 is 0 Å². The average molecular weight is 500 g/mol. The van der Waals surface area contributed by atoms with Crippen LogP contribution in [0.25, 0.3) is 0 Å². The number of carbonyl (C=O) groups excluding carboxylic acids is 2. The quantitative estimate of drug-likeness (QED) is 0.179. The fourth-order valence-electron chi connectivity index (χ4n) is 3.24. The molecule has 2 amide bonds. The van der Waals surface area contributed by atoms with Crippen molar-refractivity contribution in [1.29, 1.82) is 0 Å².